The molecule has 1 aliphatic rings. The van der Waals surface area contributed by atoms with Gasteiger partial charge in [0.25, 0.3) is 0 Å². The van der Waals surface area contributed by atoms with Crippen LogP contribution in [0.5, 0.6) is 23.1 Å². The Kier molecular flexibility index (Phi) is 10.4. The Balaban J connectivity index is 0.967. The first-order valence-electron chi connectivity index (χ1n) is 15.4. The molecule has 5 aromatic rings. The van der Waals surface area contributed by atoms with Gasteiger partial charge >= 0.3 is 0 Å². The zero-order valence-corrected chi connectivity index (χ0v) is 28.4. The monoisotopic (exact) mass is 738 g/mol. The number of halogens is 1. The fourth-order valence-electron chi connectivity index (χ4n) is 5.47. The van der Waals surface area contributed by atoms with Gasteiger partial charge < -0.3 is 19.5 Å². The van der Waals surface area contributed by atoms with E-state index < -0.39 is 0 Å². The topological polar surface area (TPSA) is 85.8 Å². The van der Waals surface area contributed by atoms with Gasteiger partial charge in [-0.05, 0) is 124 Å². The quantitative estimate of drug-likeness (QED) is 0.109. The van der Waals surface area contributed by atoms with Crippen molar-refractivity contribution in [3.8, 4) is 34.4 Å². The first kappa shape index (κ1) is 32.2. The number of rotatable bonds is 11. The number of hydrogen-bond acceptors (Lipinski definition) is 7. The summed E-state index contributed by atoms with van der Waals surface area (Å²) < 4.78 is 17.9. The lowest BCUT2D eigenvalue weighted by atomic mass is 9.98. The van der Waals surface area contributed by atoms with Crippen LogP contribution in [0.2, 0.25) is 0 Å². The summed E-state index contributed by atoms with van der Waals surface area (Å²) in [6, 6.07) is 27.7. The maximum atomic E-state index is 12.6. The minimum absolute atomic E-state index is 0.209. The van der Waals surface area contributed by atoms with Gasteiger partial charge in [-0.15, -0.1) is 0 Å². The van der Waals surface area contributed by atoms with E-state index in [2.05, 4.69) is 67.0 Å². The number of nitrogens with one attached hydrogen (secondary N) is 1. The molecule has 0 unspecified atom stereocenters. The van der Waals surface area contributed by atoms with E-state index in [9.17, 15) is 4.79 Å². The van der Waals surface area contributed by atoms with E-state index in [0.717, 1.165) is 70.1 Å². The number of ether oxygens (including phenoxy) is 3. The predicted molar refractivity (Wildman–Crippen MR) is 193 cm³/mol. The summed E-state index contributed by atoms with van der Waals surface area (Å²) in [5.41, 5.74) is 7.31. The molecule has 0 spiro atoms. The average molecular weight is 739 g/mol. The number of methoxy groups -OCH3 is 2. The van der Waals surface area contributed by atoms with E-state index in [0.29, 0.717) is 11.6 Å². The molecular weight excluding hydrogens is 703 g/mol. The Morgan fingerprint density at radius 3 is 2.43 bits per heavy atom. The van der Waals surface area contributed by atoms with E-state index in [1.165, 1.54) is 22.8 Å². The second kappa shape index (κ2) is 15.2. The summed E-state index contributed by atoms with van der Waals surface area (Å²) in [6.45, 7) is 2.86. The number of hydrogen-bond donors (Lipinski definition) is 1. The van der Waals surface area contributed by atoms with E-state index in [1.807, 2.05) is 54.6 Å². The average Bonchev–Trinajstić information content (AvgIpc) is 3.11. The Hall–Kier alpha value is -4.74. The summed E-state index contributed by atoms with van der Waals surface area (Å²) in [5.74, 6) is 2.54. The standard InChI is InChI=1S/C38H35IN4O4/c1-45-35-22-28-17-20-43(25-30(28)23-36(35)46-2)19-16-26-6-11-31(12-7-26)42-37(44)14-8-27-9-15-38(41-24-27)47-34-13-10-29(21-32(34)39)33-5-3-4-18-40-33/h3-15,18,21-24H,16-17,19-20,25H2,1-2H3,(H,42,44)/b14-8+. The number of fused-ring (bicyclic) bond motifs is 1. The van der Waals surface area contributed by atoms with Crippen molar-refractivity contribution in [1.82, 2.24) is 14.9 Å². The molecule has 1 aliphatic heterocycles. The molecule has 6 rings (SSSR count). The van der Waals surface area contributed by atoms with Gasteiger partial charge in [-0.1, -0.05) is 18.2 Å². The zero-order chi connectivity index (χ0) is 32.6. The Bertz CT molecular complexity index is 1860. The number of amides is 1. The van der Waals surface area contributed by atoms with E-state index >= 15 is 0 Å². The third kappa shape index (κ3) is 8.35. The van der Waals surface area contributed by atoms with Gasteiger partial charge in [0.15, 0.2) is 11.5 Å². The highest BCUT2D eigenvalue weighted by atomic mass is 127. The first-order chi connectivity index (χ1) is 23.0. The highest BCUT2D eigenvalue weighted by molar-refractivity contribution is 14.1. The molecule has 0 saturated heterocycles. The van der Waals surface area contributed by atoms with Crippen molar-refractivity contribution < 1.29 is 19.0 Å². The fraction of sp³-hybridized carbons (Fsp3) is 0.184. The summed E-state index contributed by atoms with van der Waals surface area (Å²) in [4.78, 5) is 23.9. The number of carbonyl (C=O) groups excluding carboxylic acids is 1. The van der Waals surface area contributed by atoms with Crippen molar-refractivity contribution >= 4 is 40.3 Å². The Labute approximate surface area is 288 Å². The summed E-state index contributed by atoms with van der Waals surface area (Å²) >= 11 is 2.25. The largest absolute Gasteiger partial charge is 0.493 e. The molecule has 2 aromatic heterocycles. The van der Waals surface area contributed by atoms with Gasteiger partial charge in [0, 0.05) is 55.4 Å². The molecule has 3 heterocycles. The number of carbonyl (C=O) groups is 1. The molecule has 1 amide bonds. The number of pyridine rings is 2. The normalized spacial score (nSPS) is 12.8. The first-order valence-corrected chi connectivity index (χ1v) is 16.4. The Morgan fingerprint density at radius 1 is 0.915 bits per heavy atom. The van der Waals surface area contributed by atoms with Gasteiger partial charge in [-0.25, -0.2) is 4.98 Å². The van der Waals surface area contributed by atoms with Crippen molar-refractivity contribution in [2.24, 2.45) is 0 Å². The van der Waals surface area contributed by atoms with Crippen LogP contribution >= 0.6 is 22.6 Å². The van der Waals surface area contributed by atoms with E-state index in [-0.39, 0.29) is 5.91 Å². The van der Waals surface area contributed by atoms with Crippen molar-refractivity contribution in [3.63, 3.8) is 0 Å². The molecule has 0 radical (unpaired) electrons. The van der Waals surface area contributed by atoms with Crippen LogP contribution in [0.4, 0.5) is 5.69 Å². The number of benzene rings is 3. The summed E-state index contributed by atoms with van der Waals surface area (Å²) in [6.07, 6.45) is 8.61. The molecule has 9 heteroatoms. The molecule has 1 N–H and O–H groups in total. The highest BCUT2D eigenvalue weighted by Gasteiger charge is 2.19. The molecule has 238 valence electrons. The minimum atomic E-state index is -0.209. The van der Waals surface area contributed by atoms with Crippen LogP contribution in [0.1, 0.15) is 22.3 Å². The molecule has 0 atom stereocenters. The van der Waals surface area contributed by atoms with Crippen molar-refractivity contribution in [1.29, 1.82) is 0 Å². The van der Waals surface area contributed by atoms with Crippen LogP contribution in [0.15, 0.2) is 103 Å². The molecule has 0 saturated carbocycles. The molecule has 0 bridgehead atoms. The smallest absolute Gasteiger partial charge is 0.248 e. The minimum Gasteiger partial charge on any atom is -0.493 e. The van der Waals surface area contributed by atoms with Crippen LogP contribution < -0.4 is 19.5 Å². The summed E-state index contributed by atoms with van der Waals surface area (Å²) in [7, 11) is 3.35. The Morgan fingerprint density at radius 2 is 1.72 bits per heavy atom. The molecule has 0 fully saturated rings. The molecule has 47 heavy (non-hydrogen) atoms. The third-order valence-electron chi connectivity index (χ3n) is 8.03. The third-order valence-corrected chi connectivity index (χ3v) is 8.87. The molecule has 3 aromatic carbocycles. The van der Waals surface area contributed by atoms with Crippen LogP contribution in [0, 0.1) is 3.57 Å². The molecular formula is C38H35IN4O4. The van der Waals surface area contributed by atoms with Gasteiger partial charge in [0.1, 0.15) is 5.75 Å². The van der Waals surface area contributed by atoms with E-state index in [4.69, 9.17) is 14.2 Å². The second-order valence-corrected chi connectivity index (χ2v) is 12.3. The fourth-order valence-corrected chi connectivity index (χ4v) is 6.10. The van der Waals surface area contributed by atoms with Gasteiger partial charge in [-0.3, -0.25) is 14.7 Å². The summed E-state index contributed by atoms with van der Waals surface area (Å²) in [5, 5.41) is 2.93. The highest BCUT2D eigenvalue weighted by Crippen LogP contribution is 2.33. The van der Waals surface area contributed by atoms with Crippen LogP contribution in [-0.4, -0.2) is 48.1 Å². The SMILES string of the molecule is COc1cc2c(cc1OC)CN(CCc1ccc(NC(=O)/C=C/c3ccc(Oc4ccc(-c5ccccn5)cc4I)nc3)cc1)CC2. The van der Waals surface area contributed by atoms with Crippen molar-refractivity contribution in [2.45, 2.75) is 19.4 Å². The lowest BCUT2D eigenvalue weighted by Crippen LogP contribution is -2.32. The zero-order valence-electron chi connectivity index (χ0n) is 26.3. The van der Waals surface area contributed by atoms with Crippen LogP contribution in [-0.2, 0) is 24.2 Å². The van der Waals surface area contributed by atoms with Gasteiger partial charge in [-0.2, -0.15) is 0 Å². The molecule has 0 aliphatic carbocycles. The van der Waals surface area contributed by atoms with Gasteiger partial charge in [0.05, 0.1) is 23.5 Å². The number of aromatic nitrogens is 2. The van der Waals surface area contributed by atoms with Crippen LogP contribution in [0.3, 0.4) is 0 Å². The lowest BCUT2D eigenvalue weighted by molar-refractivity contribution is -0.111. The number of anilines is 1. The van der Waals surface area contributed by atoms with Crippen molar-refractivity contribution in [2.75, 3.05) is 32.6 Å². The van der Waals surface area contributed by atoms with E-state index in [1.54, 1.807) is 38.8 Å². The maximum absolute atomic E-state index is 12.6. The second-order valence-electron chi connectivity index (χ2n) is 11.2. The van der Waals surface area contributed by atoms with Crippen LogP contribution in [0.25, 0.3) is 17.3 Å². The lowest BCUT2D eigenvalue weighted by Gasteiger charge is -2.29. The molecule has 8 nitrogen and oxygen atoms in total. The predicted octanol–water partition coefficient (Wildman–Crippen LogP) is 7.81. The maximum Gasteiger partial charge on any atom is 0.248 e. The number of nitrogens with zero attached hydrogens (tertiary/aromatic N) is 3. The van der Waals surface area contributed by atoms with Crippen molar-refractivity contribution in [3.05, 3.63) is 129 Å². The van der Waals surface area contributed by atoms with Gasteiger partial charge in [0.2, 0.25) is 11.8 Å².